The normalized spacial score (nSPS) is 11.1. The lowest BCUT2D eigenvalue weighted by Gasteiger charge is -2.12. The maximum atomic E-state index is 14.4. The first-order chi connectivity index (χ1) is 13.2. The van der Waals surface area contributed by atoms with Gasteiger partial charge in [-0.2, -0.15) is 13.5 Å². The predicted octanol–water partition coefficient (Wildman–Crippen LogP) is 3.91. The summed E-state index contributed by atoms with van der Waals surface area (Å²) in [6, 6.07) is 6.52. The number of nitrogens with zero attached hydrogens (tertiary/aromatic N) is 3. The third-order valence-electron chi connectivity index (χ3n) is 3.84. The number of nitrogen functional groups attached to an aromatic ring is 1. The summed E-state index contributed by atoms with van der Waals surface area (Å²) in [4.78, 5) is 12.2. The first-order valence-corrected chi connectivity index (χ1v) is 8.17. The van der Waals surface area contributed by atoms with Gasteiger partial charge in [0.2, 0.25) is 0 Å². The number of aryl methyl sites for hydroxylation is 1. The molecule has 0 aliphatic heterocycles. The Bertz CT molecular complexity index is 1100. The van der Waals surface area contributed by atoms with Crippen molar-refractivity contribution in [1.82, 2.24) is 14.3 Å². The van der Waals surface area contributed by atoms with Crippen LogP contribution in [0.5, 0.6) is 17.2 Å². The van der Waals surface area contributed by atoms with Crippen molar-refractivity contribution in [1.29, 1.82) is 0 Å². The molecule has 0 aliphatic carbocycles. The quantitative estimate of drug-likeness (QED) is 0.640. The van der Waals surface area contributed by atoms with Crippen molar-refractivity contribution in [3.8, 4) is 22.9 Å². The second-order valence-electron chi connectivity index (χ2n) is 5.63. The second-order valence-corrected chi connectivity index (χ2v) is 6.04. The summed E-state index contributed by atoms with van der Waals surface area (Å²) < 4.78 is 51.7. The van der Waals surface area contributed by atoms with Crippen LogP contribution in [-0.2, 0) is 0 Å². The van der Waals surface area contributed by atoms with E-state index in [-0.39, 0.29) is 26.9 Å². The van der Waals surface area contributed by atoms with E-state index < -0.39 is 23.7 Å². The maximum Gasteiger partial charge on any atom is 0.355 e. The molecule has 0 aliphatic rings. The van der Waals surface area contributed by atoms with Gasteiger partial charge in [-0.25, -0.2) is 13.8 Å². The highest BCUT2D eigenvalue weighted by Crippen LogP contribution is 2.35. The van der Waals surface area contributed by atoms with Crippen LogP contribution >= 0.6 is 11.6 Å². The smallest absolute Gasteiger partial charge is 0.355 e. The minimum Gasteiger partial charge on any atom is -0.494 e. The van der Waals surface area contributed by atoms with Gasteiger partial charge >= 0.3 is 12.2 Å². The summed E-state index contributed by atoms with van der Waals surface area (Å²) in [5.74, 6) is -0.625. The Balaban J connectivity index is 2.07. The van der Waals surface area contributed by atoms with E-state index >= 15 is 0 Å². The number of benzene rings is 2. The lowest BCUT2D eigenvalue weighted by Crippen LogP contribution is -2.25. The number of rotatable bonds is 5. The maximum absolute atomic E-state index is 14.4. The molecule has 3 aromatic rings. The van der Waals surface area contributed by atoms with E-state index in [9.17, 15) is 18.0 Å². The number of hydrogen-bond acceptors (Lipinski definition) is 5. The Hall–Kier alpha value is -3.14. The highest BCUT2D eigenvalue weighted by atomic mass is 35.5. The monoisotopic (exact) mass is 414 g/mol. The van der Waals surface area contributed by atoms with Gasteiger partial charge in [-0.3, -0.25) is 0 Å². The standard InChI is InChI=1S/C17H14ClF3N4O3/c1-8-23-25(17(26)24(8)16(20)21)13-7-14(10(18)6-11(13)19)28-9-3-4-12(22)15(5-9)27-2/h3-7,16H,22H2,1-2H3. The third-order valence-corrected chi connectivity index (χ3v) is 4.13. The summed E-state index contributed by atoms with van der Waals surface area (Å²) in [7, 11) is 1.42. The number of hydrogen-bond donors (Lipinski definition) is 1. The molecular weight excluding hydrogens is 401 g/mol. The van der Waals surface area contributed by atoms with Crippen molar-refractivity contribution >= 4 is 17.3 Å². The van der Waals surface area contributed by atoms with Gasteiger partial charge in [0.15, 0.2) is 5.82 Å². The SMILES string of the molecule is COc1cc(Oc2cc(-n3nc(C)n(C(F)F)c3=O)c(F)cc2Cl)ccc1N. The molecule has 0 radical (unpaired) electrons. The molecule has 0 bridgehead atoms. The molecule has 2 aromatic carbocycles. The summed E-state index contributed by atoms with van der Waals surface area (Å²) in [5.41, 5.74) is 4.52. The van der Waals surface area contributed by atoms with Crippen molar-refractivity contribution in [2.45, 2.75) is 13.5 Å². The molecule has 3 rings (SSSR count). The number of anilines is 1. The topological polar surface area (TPSA) is 84.3 Å². The molecule has 11 heteroatoms. The first kappa shape index (κ1) is 19.6. The van der Waals surface area contributed by atoms with Crippen molar-refractivity contribution in [2.75, 3.05) is 12.8 Å². The van der Waals surface area contributed by atoms with Crippen LogP contribution in [-0.4, -0.2) is 21.5 Å². The van der Waals surface area contributed by atoms with Crippen LogP contribution in [0.15, 0.2) is 35.1 Å². The summed E-state index contributed by atoms with van der Waals surface area (Å²) in [5, 5.41) is 3.59. The zero-order chi connectivity index (χ0) is 20.6. The number of nitrogens with two attached hydrogens (primary N) is 1. The Labute approximate surface area is 161 Å². The molecule has 28 heavy (non-hydrogen) atoms. The van der Waals surface area contributed by atoms with Crippen LogP contribution in [0.2, 0.25) is 5.02 Å². The van der Waals surface area contributed by atoms with Crippen molar-refractivity contribution in [2.24, 2.45) is 0 Å². The minimum absolute atomic E-state index is 0.0268. The molecule has 0 saturated heterocycles. The molecule has 0 atom stereocenters. The first-order valence-electron chi connectivity index (χ1n) is 7.80. The average Bonchev–Trinajstić information content (AvgIpc) is 2.93. The van der Waals surface area contributed by atoms with Crippen LogP contribution in [0.4, 0.5) is 18.9 Å². The molecule has 7 nitrogen and oxygen atoms in total. The Morgan fingerprint density at radius 3 is 2.54 bits per heavy atom. The molecule has 1 heterocycles. The van der Waals surface area contributed by atoms with E-state index in [1.165, 1.54) is 32.2 Å². The predicted molar refractivity (Wildman–Crippen MR) is 96.3 cm³/mol. The van der Waals surface area contributed by atoms with Crippen LogP contribution < -0.4 is 20.9 Å². The van der Waals surface area contributed by atoms with Gasteiger partial charge in [0, 0.05) is 12.1 Å². The fourth-order valence-electron chi connectivity index (χ4n) is 2.50. The second kappa shape index (κ2) is 7.47. The van der Waals surface area contributed by atoms with E-state index in [0.717, 1.165) is 12.1 Å². The largest absolute Gasteiger partial charge is 0.494 e. The van der Waals surface area contributed by atoms with E-state index in [0.29, 0.717) is 16.1 Å². The van der Waals surface area contributed by atoms with Gasteiger partial charge in [0.05, 0.1) is 17.8 Å². The number of halogens is 4. The number of alkyl halides is 2. The third kappa shape index (κ3) is 3.50. The molecule has 1 aromatic heterocycles. The van der Waals surface area contributed by atoms with E-state index in [1.807, 2.05) is 0 Å². The molecule has 0 unspecified atom stereocenters. The molecule has 0 spiro atoms. The highest BCUT2D eigenvalue weighted by molar-refractivity contribution is 6.32. The summed E-state index contributed by atoms with van der Waals surface area (Å²) >= 11 is 6.02. The minimum atomic E-state index is -3.12. The van der Waals surface area contributed by atoms with E-state index in [1.54, 1.807) is 0 Å². The molecule has 0 saturated carbocycles. The lowest BCUT2D eigenvalue weighted by atomic mass is 10.2. The summed E-state index contributed by atoms with van der Waals surface area (Å²) in [6.45, 7) is -1.91. The lowest BCUT2D eigenvalue weighted by molar-refractivity contribution is 0.0640. The fourth-order valence-corrected chi connectivity index (χ4v) is 2.69. The highest BCUT2D eigenvalue weighted by Gasteiger charge is 2.21. The Kier molecular flexibility index (Phi) is 5.23. The van der Waals surface area contributed by atoms with Gasteiger partial charge in [-0.1, -0.05) is 11.6 Å². The zero-order valence-electron chi connectivity index (χ0n) is 14.6. The zero-order valence-corrected chi connectivity index (χ0v) is 15.4. The molecule has 148 valence electrons. The number of methoxy groups -OCH3 is 1. The number of aromatic nitrogens is 3. The van der Waals surface area contributed by atoms with Crippen molar-refractivity contribution < 1.29 is 22.6 Å². The van der Waals surface area contributed by atoms with E-state index in [2.05, 4.69) is 5.10 Å². The van der Waals surface area contributed by atoms with Gasteiger partial charge in [0.25, 0.3) is 0 Å². The van der Waals surface area contributed by atoms with Gasteiger partial charge < -0.3 is 15.2 Å². The molecule has 0 amide bonds. The van der Waals surface area contributed by atoms with E-state index in [4.69, 9.17) is 26.8 Å². The number of ether oxygens (including phenoxy) is 2. The van der Waals surface area contributed by atoms with Crippen molar-refractivity contribution in [3.63, 3.8) is 0 Å². The molecular formula is C17H14ClF3N4O3. The van der Waals surface area contributed by atoms with Crippen LogP contribution in [0, 0.1) is 12.7 Å². The van der Waals surface area contributed by atoms with Crippen LogP contribution in [0.3, 0.4) is 0 Å². The van der Waals surface area contributed by atoms with Gasteiger partial charge in [-0.15, -0.1) is 5.10 Å². The molecule has 2 N–H and O–H groups in total. The Morgan fingerprint density at radius 1 is 1.21 bits per heavy atom. The fraction of sp³-hybridized carbons (Fsp3) is 0.176. The van der Waals surface area contributed by atoms with Crippen LogP contribution in [0.25, 0.3) is 5.69 Å². The van der Waals surface area contributed by atoms with Crippen molar-refractivity contribution in [3.05, 3.63) is 57.5 Å². The van der Waals surface area contributed by atoms with Gasteiger partial charge in [-0.05, 0) is 25.1 Å². The van der Waals surface area contributed by atoms with Crippen LogP contribution in [0.1, 0.15) is 12.4 Å². The molecule has 0 fully saturated rings. The van der Waals surface area contributed by atoms with Gasteiger partial charge in [0.1, 0.15) is 28.8 Å². The summed E-state index contributed by atoms with van der Waals surface area (Å²) in [6.07, 6.45) is 0. The Morgan fingerprint density at radius 2 is 1.93 bits per heavy atom. The average molecular weight is 415 g/mol.